The third-order valence-electron chi connectivity index (χ3n) is 5.06. The quantitative estimate of drug-likeness (QED) is 0.729. The van der Waals surface area contributed by atoms with E-state index in [1.165, 1.54) is 40.4 Å². The molecule has 1 N–H and O–H groups in total. The Bertz CT molecular complexity index is 829. The van der Waals surface area contributed by atoms with Gasteiger partial charge in [0.2, 0.25) is 0 Å². The zero-order valence-corrected chi connectivity index (χ0v) is 14.9. The SMILES string of the molecule is Cc1ccc(Cn2cc(CNC[C@H]3CCCO3)c3ccccc32)cc1. The highest BCUT2D eigenvalue weighted by atomic mass is 16.5. The van der Waals surface area contributed by atoms with Crippen molar-refractivity contribution < 1.29 is 4.74 Å². The highest BCUT2D eigenvalue weighted by molar-refractivity contribution is 5.84. The summed E-state index contributed by atoms with van der Waals surface area (Å²) >= 11 is 0. The van der Waals surface area contributed by atoms with Crippen molar-refractivity contribution in [3.05, 3.63) is 71.4 Å². The summed E-state index contributed by atoms with van der Waals surface area (Å²) in [5.41, 5.74) is 5.31. The number of benzene rings is 2. The molecule has 1 aliphatic rings. The summed E-state index contributed by atoms with van der Waals surface area (Å²) in [5.74, 6) is 0. The summed E-state index contributed by atoms with van der Waals surface area (Å²) in [6, 6.07) is 17.5. The van der Waals surface area contributed by atoms with E-state index in [2.05, 4.69) is 71.5 Å². The molecular formula is C22H26N2O. The minimum Gasteiger partial charge on any atom is -0.377 e. The molecule has 1 aliphatic heterocycles. The van der Waals surface area contributed by atoms with Crippen LogP contribution in [-0.2, 0) is 17.8 Å². The zero-order chi connectivity index (χ0) is 17.1. The number of hydrogen-bond acceptors (Lipinski definition) is 2. The van der Waals surface area contributed by atoms with Crippen molar-refractivity contribution in [1.82, 2.24) is 9.88 Å². The maximum atomic E-state index is 5.70. The molecule has 2 heterocycles. The molecule has 130 valence electrons. The summed E-state index contributed by atoms with van der Waals surface area (Å²) in [6.07, 6.45) is 5.07. The topological polar surface area (TPSA) is 26.2 Å². The number of hydrogen-bond donors (Lipinski definition) is 1. The van der Waals surface area contributed by atoms with E-state index in [9.17, 15) is 0 Å². The number of nitrogens with one attached hydrogen (secondary N) is 1. The van der Waals surface area contributed by atoms with Crippen molar-refractivity contribution in [3.8, 4) is 0 Å². The standard InChI is InChI=1S/C22H26N2O/c1-17-8-10-18(11-9-17)15-24-16-19(21-6-2-3-7-22(21)24)13-23-14-20-5-4-12-25-20/h2-3,6-11,16,20,23H,4-5,12-15H2,1H3/t20-/m1/s1. The van der Waals surface area contributed by atoms with Crippen molar-refractivity contribution in [1.29, 1.82) is 0 Å². The number of para-hydroxylation sites is 1. The van der Waals surface area contributed by atoms with Gasteiger partial charge in [0, 0.05) is 43.3 Å². The van der Waals surface area contributed by atoms with Gasteiger partial charge in [0.05, 0.1) is 6.10 Å². The van der Waals surface area contributed by atoms with Gasteiger partial charge in [-0.05, 0) is 37.0 Å². The number of rotatable bonds is 6. The van der Waals surface area contributed by atoms with Gasteiger partial charge in [-0.3, -0.25) is 0 Å². The normalized spacial score (nSPS) is 17.4. The van der Waals surface area contributed by atoms with Gasteiger partial charge in [-0.15, -0.1) is 0 Å². The lowest BCUT2D eigenvalue weighted by Gasteiger charge is -2.10. The molecule has 4 rings (SSSR count). The van der Waals surface area contributed by atoms with Crippen LogP contribution in [0.2, 0.25) is 0 Å². The first-order valence-corrected chi connectivity index (χ1v) is 9.24. The second-order valence-electron chi connectivity index (χ2n) is 7.05. The van der Waals surface area contributed by atoms with Crippen LogP contribution in [0.25, 0.3) is 10.9 Å². The second-order valence-corrected chi connectivity index (χ2v) is 7.05. The lowest BCUT2D eigenvalue weighted by Crippen LogP contribution is -2.25. The first kappa shape index (κ1) is 16.4. The van der Waals surface area contributed by atoms with Gasteiger partial charge in [0.25, 0.3) is 0 Å². The van der Waals surface area contributed by atoms with E-state index in [0.717, 1.165) is 26.2 Å². The largest absolute Gasteiger partial charge is 0.377 e. The number of aryl methyl sites for hydroxylation is 1. The van der Waals surface area contributed by atoms with Gasteiger partial charge in [-0.2, -0.15) is 0 Å². The average molecular weight is 334 g/mol. The van der Waals surface area contributed by atoms with Crippen LogP contribution in [0, 0.1) is 6.92 Å². The summed E-state index contributed by atoms with van der Waals surface area (Å²) in [5, 5.41) is 4.92. The van der Waals surface area contributed by atoms with Gasteiger partial charge in [-0.1, -0.05) is 48.0 Å². The summed E-state index contributed by atoms with van der Waals surface area (Å²) in [7, 11) is 0. The monoisotopic (exact) mass is 334 g/mol. The van der Waals surface area contributed by atoms with Crippen molar-refractivity contribution in [2.75, 3.05) is 13.2 Å². The first-order chi connectivity index (χ1) is 12.3. The Kier molecular flexibility index (Phi) is 4.86. The van der Waals surface area contributed by atoms with Crippen LogP contribution < -0.4 is 5.32 Å². The lowest BCUT2D eigenvalue weighted by atomic mass is 10.1. The number of aromatic nitrogens is 1. The molecule has 3 nitrogen and oxygen atoms in total. The Morgan fingerprint density at radius 1 is 1.12 bits per heavy atom. The first-order valence-electron chi connectivity index (χ1n) is 9.24. The fourth-order valence-electron chi connectivity index (χ4n) is 3.66. The van der Waals surface area contributed by atoms with Crippen molar-refractivity contribution in [2.45, 2.75) is 39.0 Å². The van der Waals surface area contributed by atoms with Gasteiger partial charge in [0.15, 0.2) is 0 Å². The fourth-order valence-corrected chi connectivity index (χ4v) is 3.66. The van der Waals surface area contributed by atoms with E-state index < -0.39 is 0 Å². The molecule has 0 aliphatic carbocycles. The van der Waals surface area contributed by atoms with Gasteiger partial charge in [0.1, 0.15) is 0 Å². The predicted molar refractivity (Wildman–Crippen MR) is 103 cm³/mol. The Balaban J connectivity index is 1.52. The smallest absolute Gasteiger partial charge is 0.0700 e. The number of ether oxygens (including phenoxy) is 1. The molecule has 0 bridgehead atoms. The maximum Gasteiger partial charge on any atom is 0.0700 e. The van der Waals surface area contributed by atoms with Crippen LogP contribution in [-0.4, -0.2) is 23.8 Å². The average Bonchev–Trinajstić information content (AvgIpc) is 3.26. The molecule has 1 fully saturated rings. The van der Waals surface area contributed by atoms with Crippen LogP contribution in [0.5, 0.6) is 0 Å². The van der Waals surface area contributed by atoms with Crippen LogP contribution >= 0.6 is 0 Å². The van der Waals surface area contributed by atoms with Crippen LogP contribution in [0.1, 0.15) is 29.5 Å². The minimum atomic E-state index is 0.390. The maximum absolute atomic E-state index is 5.70. The summed E-state index contributed by atoms with van der Waals surface area (Å²) < 4.78 is 8.07. The van der Waals surface area contributed by atoms with Gasteiger partial charge in [-0.25, -0.2) is 0 Å². The summed E-state index contributed by atoms with van der Waals surface area (Å²) in [6.45, 7) is 5.79. The minimum absolute atomic E-state index is 0.390. The predicted octanol–water partition coefficient (Wildman–Crippen LogP) is 4.27. The molecule has 0 radical (unpaired) electrons. The lowest BCUT2D eigenvalue weighted by molar-refractivity contribution is 0.110. The second kappa shape index (κ2) is 7.42. The van der Waals surface area contributed by atoms with Crippen LogP contribution in [0.15, 0.2) is 54.7 Å². The molecule has 3 aromatic rings. The highest BCUT2D eigenvalue weighted by Crippen LogP contribution is 2.23. The van der Waals surface area contributed by atoms with Gasteiger partial charge >= 0.3 is 0 Å². The zero-order valence-electron chi connectivity index (χ0n) is 14.9. The molecular weight excluding hydrogens is 308 g/mol. The fraction of sp³-hybridized carbons (Fsp3) is 0.364. The molecule has 25 heavy (non-hydrogen) atoms. The van der Waals surface area contributed by atoms with E-state index in [1.807, 2.05) is 0 Å². The Morgan fingerprint density at radius 2 is 1.96 bits per heavy atom. The molecule has 1 saturated heterocycles. The molecule has 2 aromatic carbocycles. The third kappa shape index (κ3) is 3.78. The van der Waals surface area contributed by atoms with E-state index >= 15 is 0 Å². The Morgan fingerprint density at radius 3 is 2.76 bits per heavy atom. The molecule has 1 atom stereocenters. The summed E-state index contributed by atoms with van der Waals surface area (Å²) in [4.78, 5) is 0. The third-order valence-corrected chi connectivity index (χ3v) is 5.06. The Labute approximate surface area is 149 Å². The van der Waals surface area contributed by atoms with Crippen molar-refractivity contribution in [3.63, 3.8) is 0 Å². The van der Waals surface area contributed by atoms with Crippen LogP contribution in [0.4, 0.5) is 0 Å². The van der Waals surface area contributed by atoms with Crippen molar-refractivity contribution in [2.24, 2.45) is 0 Å². The molecule has 0 spiro atoms. The van der Waals surface area contributed by atoms with E-state index in [0.29, 0.717) is 6.10 Å². The molecule has 0 amide bonds. The Hall–Kier alpha value is -2.10. The molecule has 3 heteroatoms. The van der Waals surface area contributed by atoms with E-state index in [1.54, 1.807) is 0 Å². The van der Waals surface area contributed by atoms with Crippen LogP contribution in [0.3, 0.4) is 0 Å². The molecule has 0 saturated carbocycles. The number of nitrogens with zero attached hydrogens (tertiary/aromatic N) is 1. The molecule has 0 unspecified atom stereocenters. The number of fused-ring (bicyclic) bond motifs is 1. The van der Waals surface area contributed by atoms with Crippen molar-refractivity contribution >= 4 is 10.9 Å². The highest BCUT2D eigenvalue weighted by Gasteiger charge is 2.15. The van der Waals surface area contributed by atoms with E-state index in [4.69, 9.17) is 4.74 Å². The van der Waals surface area contributed by atoms with E-state index in [-0.39, 0.29) is 0 Å². The van der Waals surface area contributed by atoms with Gasteiger partial charge < -0.3 is 14.6 Å². The molecule has 1 aromatic heterocycles.